The van der Waals surface area contributed by atoms with Crippen molar-refractivity contribution in [2.24, 2.45) is 5.73 Å². The lowest BCUT2D eigenvalue weighted by atomic mass is 10.1. The lowest BCUT2D eigenvalue weighted by Gasteiger charge is -2.07. The summed E-state index contributed by atoms with van der Waals surface area (Å²) in [6.45, 7) is 2.64. The van der Waals surface area contributed by atoms with Crippen molar-refractivity contribution in [1.29, 1.82) is 0 Å². The fourth-order valence-corrected chi connectivity index (χ4v) is 1.93. The Morgan fingerprint density at radius 3 is 2.88 bits per heavy atom. The van der Waals surface area contributed by atoms with Gasteiger partial charge in [-0.2, -0.15) is 0 Å². The third-order valence-corrected chi connectivity index (χ3v) is 2.78. The van der Waals surface area contributed by atoms with Crippen LogP contribution in [-0.4, -0.2) is 23.6 Å². The van der Waals surface area contributed by atoms with Crippen LogP contribution in [0.1, 0.15) is 11.3 Å². The SMILES string of the molecule is COc1ccc(-c2nc[nH]c2CCN)cc1C. The van der Waals surface area contributed by atoms with Crippen LogP contribution in [-0.2, 0) is 6.42 Å². The van der Waals surface area contributed by atoms with Crippen LogP contribution in [0.25, 0.3) is 11.3 Å². The Labute approximate surface area is 101 Å². The zero-order chi connectivity index (χ0) is 12.3. The summed E-state index contributed by atoms with van der Waals surface area (Å²) in [6, 6.07) is 6.06. The minimum Gasteiger partial charge on any atom is -0.496 e. The van der Waals surface area contributed by atoms with Gasteiger partial charge in [-0.15, -0.1) is 0 Å². The Bertz CT molecular complexity index is 505. The van der Waals surface area contributed by atoms with Crippen LogP contribution in [0.5, 0.6) is 5.75 Å². The number of H-pyrrole nitrogens is 1. The molecule has 90 valence electrons. The number of nitrogens with one attached hydrogen (secondary N) is 1. The van der Waals surface area contributed by atoms with Crippen molar-refractivity contribution in [2.75, 3.05) is 13.7 Å². The molecule has 0 aliphatic heterocycles. The van der Waals surface area contributed by atoms with Crippen molar-refractivity contribution >= 4 is 0 Å². The molecular formula is C13H17N3O. The van der Waals surface area contributed by atoms with E-state index in [0.29, 0.717) is 6.54 Å². The first-order valence-electron chi connectivity index (χ1n) is 5.63. The summed E-state index contributed by atoms with van der Waals surface area (Å²) in [6.07, 6.45) is 2.51. The zero-order valence-electron chi connectivity index (χ0n) is 10.2. The predicted octanol–water partition coefficient (Wildman–Crippen LogP) is 1.89. The van der Waals surface area contributed by atoms with E-state index in [0.717, 1.165) is 34.7 Å². The number of hydrogen-bond acceptors (Lipinski definition) is 3. The molecule has 2 aromatic rings. The van der Waals surface area contributed by atoms with Crippen LogP contribution in [0.4, 0.5) is 0 Å². The molecule has 0 bridgehead atoms. The molecule has 0 radical (unpaired) electrons. The van der Waals surface area contributed by atoms with Gasteiger partial charge in [0.2, 0.25) is 0 Å². The van der Waals surface area contributed by atoms with Crippen molar-refractivity contribution in [3.05, 3.63) is 35.8 Å². The van der Waals surface area contributed by atoms with Crippen molar-refractivity contribution in [3.8, 4) is 17.0 Å². The Morgan fingerprint density at radius 2 is 2.24 bits per heavy atom. The largest absolute Gasteiger partial charge is 0.496 e. The highest BCUT2D eigenvalue weighted by molar-refractivity contribution is 5.64. The highest BCUT2D eigenvalue weighted by Crippen LogP contribution is 2.26. The van der Waals surface area contributed by atoms with Gasteiger partial charge in [0.05, 0.1) is 19.1 Å². The van der Waals surface area contributed by atoms with E-state index in [1.54, 1.807) is 13.4 Å². The number of nitrogens with two attached hydrogens (primary N) is 1. The number of nitrogens with zero attached hydrogens (tertiary/aromatic N) is 1. The van der Waals surface area contributed by atoms with Crippen LogP contribution in [0.3, 0.4) is 0 Å². The molecule has 4 heteroatoms. The van der Waals surface area contributed by atoms with Gasteiger partial charge in [0.25, 0.3) is 0 Å². The van der Waals surface area contributed by atoms with Gasteiger partial charge < -0.3 is 15.5 Å². The molecule has 0 unspecified atom stereocenters. The van der Waals surface area contributed by atoms with Gasteiger partial charge in [-0.05, 0) is 37.2 Å². The molecule has 0 aliphatic carbocycles. The minimum atomic E-state index is 0.615. The first-order valence-corrected chi connectivity index (χ1v) is 5.63. The standard InChI is InChI=1S/C13H17N3O/c1-9-7-10(3-4-12(9)17-2)13-11(5-6-14)15-8-16-13/h3-4,7-8H,5-6,14H2,1-2H3,(H,15,16). The van der Waals surface area contributed by atoms with Crippen LogP contribution < -0.4 is 10.5 Å². The van der Waals surface area contributed by atoms with Gasteiger partial charge in [-0.25, -0.2) is 4.98 Å². The van der Waals surface area contributed by atoms with Gasteiger partial charge in [-0.3, -0.25) is 0 Å². The van der Waals surface area contributed by atoms with Gasteiger partial charge in [-0.1, -0.05) is 0 Å². The van der Waals surface area contributed by atoms with E-state index in [-0.39, 0.29) is 0 Å². The third-order valence-electron chi connectivity index (χ3n) is 2.78. The Hall–Kier alpha value is -1.81. The van der Waals surface area contributed by atoms with Gasteiger partial charge in [0.1, 0.15) is 5.75 Å². The molecule has 0 atom stereocenters. The van der Waals surface area contributed by atoms with E-state index in [4.69, 9.17) is 10.5 Å². The van der Waals surface area contributed by atoms with Crippen LogP contribution in [0.2, 0.25) is 0 Å². The van der Waals surface area contributed by atoms with E-state index in [2.05, 4.69) is 16.0 Å². The number of benzene rings is 1. The predicted molar refractivity (Wildman–Crippen MR) is 68.1 cm³/mol. The molecule has 0 aliphatic rings. The minimum absolute atomic E-state index is 0.615. The summed E-state index contributed by atoms with van der Waals surface area (Å²) < 4.78 is 5.25. The van der Waals surface area contributed by atoms with Crippen LogP contribution in [0.15, 0.2) is 24.5 Å². The van der Waals surface area contributed by atoms with Gasteiger partial charge >= 0.3 is 0 Å². The normalized spacial score (nSPS) is 10.5. The first-order chi connectivity index (χ1) is 8.26. The summed E-state index contributed by atoms with van der Waals surface area (Å²) in [5.74, 6) is 0.893. The smallest absolute Gasteiger partial charge is 0.121 e. The van der Waals surface area contributed by atoms with E-state index in [1.807, 2.05) is 19.1 Å². The number of hydrogen-bond donors (Lipinski definition) is 2. The first kappa shape index (κ1) is 11.7. The van der Waals surface area contributed by atoms with Crippen molar-refractivity contribution in [1.82, 2.24) is 9.97 Å². The van der Waals surface area contributed by atoms with E-state index >= 15 is 0 Å². The van der Waals surface area contributed by atoms with E-state index in [1.165, 1.54) is 0 Å². The molecule has 0 fully saturated rings. The van der Waals surface area contributed by atoms with Crippen LogP contribution >= 0.6 is 0 Å². The molecular weight excluding hydrogens is 214 g/mol. The zero-order valence-corrected chi connectivity index (χ0v) is 10.2. The average Bonchev–Trinajstić information content (AvgIpc) is 2.78. The van der Waals surface area contributed by atoms with Crippen molar-refractivity contribution in [2.45, 2.75) is 13.3 Å². The molecule has 4 nitrogen and oxygen atoms in total. The summed E-state index contributed by atoms with van der Waals surface area (Å²) in [7, 11) is 1.68. The summed E-state index contributed by atoms with van der Waals surface area (Å²) in [4.78, 5) is 7.48. The molecule has 17 heavy (non-hydrogen) atoms. The Balaban J connectivity index is 2.39. The fourth-order valence-electron chi connectivity index (χ4n) is 1.93. The summed E-state index contributed by atoms with van der Waals surface area (Å²) >= 11 is 0. The number of aryl methyl sites for hydroxylation is 1. The number of aromatic nitrogens is 2. The molecule has 0 saturated heterocycles. The topological polar surface area (TPSA) is 63.9 Å². The average molecular weight is 231 g/mol. The van der Waals surface area contributed by atoms with Gasteiger partial charge in [0, 0.05) is 17.7 Å². The van der Waals surface area contributed by atoms with E-state index in [9.17, 15) is 0 Å². The molecule has 0 amide bonds. The highest BCUT2D eigenvalue weighted by Gasteiger charge is 2.09. The third kappa shape index (κ3) is 2.31. The van der Waals surface area contributed by atoms with Crippen molar-refractivity contribution < 1.29 is 4.74 Å². The highest BCUT2D eigenvalue weighted by atomic mass is 16.5. The quantitative estimate of drug-likeness (QED) is 0.844. The maximum Gasteiger partial charge on any atom is 0.121 e. The van der Waals surface area contributed by atoms with Crippen LogP contribution in [0, 0.1) is 6.92 Å². The number of ether oxygens (including phenoxy) is 1. The van der Waals surface area contributed by atoms with Crippen molar-refractivity contribution in [3.63, 3.8) is 0 Å². The maximum absolute atomic E-state index is 5.57. The molecule has 1 aromatic carbocycles. The molecule has 3 N–H and O–H groups in total. The number of imidazole rings is 1. The molecule has 2 rings (SSSR count). The second kappa shape index (κ2) is 5.01. The molecule has 0 saturated carbocycles. The lowest BCUT2D eigenvalue weighted by Crippen LogP contribution is -2.04. The molecule has 0 spiro atoms. The Morgan fingerprint density at radius 1 is 1.41 bits per heavy atom. The molecule has 1 aromatic heterocycles. The fraction of sp³-hybridized carbons (Fsp3) is 0.308. The van der Waals surface area contributed by atoms with E-state index < -0.39 is 0 Å². The van der Waals surface area contributed by atoms with Gasteiger partial charge in [0.15, 0.2) is 0 Å². The number of methoxy groups -OCH3 is 1. The summed E-state index contributed by atoms with van der Waals surface area (Å²) in [5, 5.41) is 0. The number of rotatable bonds is 4. The second-order valence-corrected chi connectivity index (χ2v) is 3.95. The summed E-state index contributed by atoms with van der Waals surface area (Å²) in [5.41, 5.74) is 9.82. The lowest BCUT2D eigenvalue weighted by molar-refractivity contribution is 0.412. The monoisotopic (exact) mass is 231 g/mol. The maximum atomic E-state index is 5.57. The second-order valence-electron chi connectivity index (χ2n) is 3.95. The number of aromatic amines is 1. The molecule has 1 heterocycles. The Kier molecular flexibility index (Phi) is 3.44.